The molecule has 3 aliphatic heterocycles. The van der Waals surface area contributed by atoms with Crippen molar-refractivity contribution in [3.8, 4) is 0 Å². The summed E-state index contributed by atoms with van der Waals surface area (Å²) >= 11 is 6.05. The molecule has 2 saturated carbocycles. The van der Waals surface area contributed by atoms with Crippen molar-refractivity contribution in [2.24, 2.45) is 5.92 Å². The van der Waals surface area contributed by atoms with Crippen molar-refractivity contribution in [3.05, 3.63) is 29.3 Å². The van der Waals surface area contributed by atoms with E-state index >= 15 is 0 Å². The highest BCUT2D eigenvalue weighted by Gasteiger charge is 2.61. The third-order valence-electron chi connectivity index (χ3n) is 8.96. The molecule has 4 atom stereocenters. The van der Waals surface area contributed by atoms with Crippen LogP contribution in [0.15, 0.2) is 29.2 Å². The number of fused-ring (bicyclic) bond motifs is 2. The molecule has 2 aliphatic carbocycles. The number of likely N-dealkylation sites (tertiary alicyclic amines) is 1. The van der Waals surface area contributed by atoms with Crippen LogP contribution in [0.2, 0.25) is 5.02 Å². The molecule has 6 rings (SSSR count). The maximum absolute atomic E-state index is 14.0. The number of benzene rings is 1. The fraction of sp³-hybridized carbons (Fsp3) is 0.741. The lowest BCUT2D eigenvalue weighted by molar-refractivity contribution is -0.0763. The highest BCUT2D eigenvalue weighted by molar-refractivity contribution is 7.89. The first kappa shape index (κ1) is 25.9. The molecule has 1 aromatic rings. The standard InChI is InChI=1S/C27H38ClN3O5S/c1-2-13-30-21-7-8-22(30)16-29(15-21)26(32)36-27(11-12-27)25-18-35-17-23(14-19-3-4-19)31(25)37(33,34)24-9-5-20(28)6-10-24/h5-6,9-10,19,21-23,25H,2-4,7-8,11-18H2,1H3/t21?,22?,23-,25-/m1/s1. The van der Waals surface area contributed by atoms with Crippen LogP contribution in [0.3, 0.4) is 0 Å². The van der Waals surface area contributed by atoms with E-state index in [1.165, 1.54) is 0 Å². The summed E-state index contributed by atoms with van der Waals surface area (Å²) in [5.41, 5.74) is -0.835. The highest BCUT2D eigenvalue weighted by atomic mass is 35.5. The van der Waals surface area contributed by atoms with E-state index in [-0.39, 0.29) is 23.6 Å². The molecule has 3 heterocycles. The number of hydrogen-bond donors (Lipinski definition) is 0. The topological polar surface area (TPSA) is 79.4 Å². The number of amides is 1. The zero-order chi connectivity index (χ0) is 25.8. The summed E-state index contributed by atoms with van der Waals surface area (Å²) in [4.78, 5) is 18.1. The van der Waals surface area contributed by atoms with Gasteiger partial charge in [0, 0.05) is 36.2 Å². The molecular weight excluding hydrogens is 514 g/mol. The fourth-order valence-electron chi connectivity index (χ4n) is 6.73. The lowest BCUT2D eigenvalue weighted by Gasteiger charge is -2.45. The molecule has 1 amide bonds. The van der Waals surface area contributed by atoms with Gasteiger partial charge in [-0.2, -0.15) is 4.31 Å². The van der Waals surface area contributed by atoms with Crippen molar-refractivity contribution in [1.82, 2.24) is 14.1 Å². The Balaban J connectivity index is 1.23. The van der Waals surface area contributed by atoms with Gasteiger partial charge in [0.05, 0.1) is 24.2 Å². The molecule has 5 fully saturated rings. The summed E-state index contributed by atoms with van der Waals surface area (Å²) in [6.45, 7) is 5.24. The van der Waals surface area contributed by atoms with Crippen molar-refractivity contribution in [2.45, 2.75) is 93.0 Å². The number of ether oxygens (including phenoxy) is 2. The Labute approximate surface area is 225 Å². The first-order valence-corrected chi connectivity index (χ1v) is 15.7. The monoisotopic (exact) mass is 551 g/mol. The minimum Gasteiger partial charge on any atom is -0.441 e. The third-order valence-corrected chi connectivity index (χ3v) is 11.2. The molecule has 2 bridgehead atoms. The minimum absolute atomic E-state index is 0.218. The summed E-state index contributed by atoms with van der Waals surface area (Å²) in [6, 6.07) is 6.33. The minimum atomic E-state index is -3.84. The molecule has 204 valence electrons. The number of nitrogens with zero attached hydrogens (tertiary/aromatic N) is 3. The Kier molecular flexibility index (Phi) is 6.97. The van der Waals surface area contributed by atoms with E-state index in [4.69, 9.17) is 21.1 Å². The Bertz CT molecular complexity index is 1090. The summed E-state index contributed by atoms with van der Waals surface area (Å²) in [6.07, 6.45) is 7.37. The second-order valence-corrected chi connectivity index (χ2v) is 13.9. The molecule has 3 saturated heterocycles. The molecule has 5 aliphatic rings. The second-order valence-electron chi connectivity index (χ2n) is 11.6. The number of halogens is 1. The zero-order valence-electron chi connectivity index (χ0n) is 21.6. The van der Waals surface area contributed by atoms with Crippen LogP contribution in [0.5, 0.6) is 0 Å². The van der Waals surface area contributed by atoms with Crippen LogP contribution in [0.1, 0.15) is 58.3 Å². The highest BCUT2D eigenvalue weighted by Crippen LogP contribution is 2.49. The number of piperazine rings is 1. The first-order valence-electron chi connectivity index (χ1n) is 13.9. The lowest BCUT2D eigenvalue weighted by atomic mass is 10.0. The maximum Gasteiger partial charge on any atom is 0.410 e. The maximum atomic E-state index is 14.0. The molecule has 0 radical (unpaired) electrons. The van der Waals surface area contributed by atoms with E-state index in [1.807, 2.05) is 4.90 Å². The smallest absolute Gasteiger partial charge is 0.410 e. The van der Waals surface area contributed by atoms with E-state index in [1.54, 1.807) is 28.6 Å². The van der Waals surface area contributed by atoms with E-state index in [2.05, 4.69) is 11.8 Å². The van der Waals surface area contributed by atoms with Crippen molar-refractivity contribution < 1.29 is 22.7 Å². The summed E-state index contributed by atoms with van der Waals surface area (Å²) in [7, 11) is -3.84. The average Bonchev–Trinajstić information content (AvgIpc) is 3.80. The molecule has 1 aromatic carbocycles. The molecule has 0 aromatic heterocycles. The predicted molar refractivity (Wildman–Crippen MR) is 140 cm³/mol. The van der Waals surface area contributed by atoms with Crippen molar-refractivity contribution in [2.75, 3.05) is 32.8 Å². The Hall–Kier alpha value is -1.39. The lowest BCUT2D eigenvalue weighted by Crippen LogP contribution is -2.62. The molecule has 0 N–H and O–H groups in total. The first-order chi connectivity index (χ1) is 17.8. The largest absolute Gasteiger partial charge is 0.441 e. The molecule has 2 unspecified atom stereocenters. The van der Waals surface area contributed by atoms with E-state index < -0.39 is 21.7 Å². The van der Waals surface area contributed by atoms with Gasteiger partial charge in [-0.3, -0.25) is 4.90 Å². The van der Waals surface area contributed by atoms with Crippen LogP contribution in [0.25, 0.3) is 0 Å². The number of rotatable bonds is 8. The van der Waals surface area contributed by atoms with Crippen LogP contribution in [0, 0.1) is 5.92 Å². The van der Waals surface area contributed by atoms with Gasteiger partial charge in [0.25, 0.3) is 0 Å². The summed E-state index contributed by atoms with van der Waals surface area (Å²) in [5, 5.41) is 0.493. The fourth-order valence-corrected chi connectivity index (χ4v) is 8.71. The molecule has 37 heavy (non-hydrogen) atoms. The molecule has 0 spiro atoms. The van der Waals surface area contributed by atoms with Crippen LogP contribution >= 0.6 is 11.6 Å². The Morgan fingerprint density at radius 2 is 1.76 bits per heavy atom. The van der Waals surface area contributed by atoms with Crippen LogP contribution in [0.4, 0.5) is 4.79 Å². The Morgan fingerprint density at radius 3 is 2.35 bits per heavy atom. The Morgan fingerprint density at radius 1 is 1.08 bits per heavy atom. The molecule has 8 nitrogen and oxygen atoms in total. The SMILES string of the molecule is CCCN1C2CCC1CN(C(=O)OC1([C@H]3COC[C@@H](CC4CC4)N3S(=O)(=O)c3ccc(Cl)cc3)CC1)C2. The van der Waals surface area contributed by atoms with Gasteiger partial charge in [-0.15, -0.1) is 0 Å². The van der Waals surface area contributed by atoms with E-state index in [0.717, 1.165) is 45.1 Å². The second kappa shape index (κ2) is 9.97. The van der Waals surface area contributed by atoms with E-state index in [0.29, 0.717) is 55.6 Å². The zero-order valence-corrected chi connectivity index (χ0v) is 23.1. The van der Waals surface area contributed by atoms with Crippen LogP contribution in [-0.2, 0) is 19.5 Å². The quantitative estimate of drug-likeness (QED) is 0.483. The van der Waals surface area contributed by atoms with Gasteiger partial charge < -0.3 is 14.4 Å². The number of morpholine rings is 1. The van der Waals surface area contributed by atoms with Gasteiger partial charge in [-0.25, -0.2) is 13.2 Å². The summed E-state index contributed by atoms with van der Waals surface area (Å²) < 4.78 is 42.0. The van der Waals surface area contributed by atoms with E-state index in [9.17, 15) is 13.2 Å². The normalized spacial score (nSPS) is 31.9. The van der Waals surface area contributed by atoms with Gasteiger partial charge in [0.1, 0.15) is 5.60 Å². The van der Waals surface area contributed by atoms with Crippen molar-refractivity contribution >= 4 is 27.7 Å². The van der Waals surface area contributed by atoms with Gasteiger partial charge in [0.15, 0.2) is 0 Å². The van der Waals surface area contributed by atoms with Crippen molar-refractivity contribution in [1.29, 1.82) is 0 Å². The number of carbonyl (C=O) groups is 1. The van der Waals surface area contributed by atoms with Gasteiger partial charge in [-0.1, -0.05) is 31.4 Å². The third kappa shape index (κ3) is 5.02. The molecule has 10 heteroatoms. The number of carbonyl (C=O) groups excluding carboxylic acids is 1. The number of hydrogen-bond acceptors (Lipinski definition) is 6. The van der Waals surface area contributed by atoms with Gasteiger partial charge in [-0.05, 0) is 75.3 Å². The van der Waals surface area contributed by atoms with Gasteiger partial charge in [0.2, 0.25) is 10.0 Å². The molecular formula is C27H38ClN3O5S. The van der Waals surface area contributed by atoms with Crippen LogP contribution < -0.4 is 0 Å². The van der Waals surface area contributed by atoms with Crippen LogP contribution in [-0.4, -0.2) is 91.2 Å². The van der Waals surface area contributed by atoms with Gasteiger partial charge >= 0.3 is 6.09 Å². The summed E-state index contributed by atoms with van der Waals surface area (Å²) in [5.74, 6) is 0.530. The number of sulfonamides is 1. The van der Waals surface area contributed by atoms with Crippen molar-refractivity contribution in [3.63, 3.8) is 0 Å². The predicted octanol–water partition coefficient (Wildman–Crippen LogP) is 4.13. The average molecular weight is 552 g/mol.